The Morgan fingerprint density at radius 3 is 2.83 bits per heavy atom. The number of likely N-dealkylation sites (tertiary alicyclic amines) is 1. The van der Waals surface area contributed by atoms with Gasteiger partial charge in [-0.25, -0.2) is 4.98 Å². The number of piperidine rings is 1. The van der Waals surface area contributed by atoms with Crippen LogP contribution in [0.4, 0.5) is 0 Å². The third kappa shape index (κ3) is 2.88. The number of aromatic nitrogens is 2. The highest BCUT2D eigenvalue weighted by Gasteiger charge is 2.19. The van der Waals surface area contributed by atoms with E-state index in [1.807, 2.05) is 4.90 Å². The molecule has 1 atom stereocenters. The van der Waals surface area contributed by atoms with Crippen LogP contribution in [-0.2, 0) is 11.3 Å². The summed E-state index contributed by atoms with van der Waals surface area (Å²) in [5.74, 6) is 0.0964. The van der Waals surface area contributed by atoms with Gasteiger partial charge < -0.3 is 20.3 Å². The largest absolute Gasteiger partial charge is 0.394 e. The lowest BCUT2D eigenvalue weighted by Crippen LogP contribution is -2.38. The van der Waals surface area contributed by atoms with Crippen LogP contribution < -0.4 is 5.73 Å². The highest BCUT2D eigenvalue weighted by molar-refractivity contribution is 5.76. The Balaban J connectivity index is 2.00. The fourth-order valence-electron chi connectivity index (χ4n) is 2.25. The van der Waals surface area contributed by atoms with Crippen molar-refractivity contribution >= 4 is 5.91 Å². The molecule has 1 aliphatic rings. The van der Waals surface area contributed by atoms with E-state index in [0.29, 0.717) is 5.69 Å². The Morgan fingerprint density at radius 2 is 2.17 bits per heavy atom. The van der Waals surface area contributed by atoms with E-state index in [4.69, 9.17) is 10.8 Å². The summed E-state index contributed by atoms with van der Waals surface area (Å²) in [6.07, 6.45) is 6.56. The van der Waals surface area contributed by atoms with E-state index in [-0.39, 0.29) is 19.1 Å². The summed E-state index contributed by atoms with van der Waals surface area (Å²) in [6.45, 7) is 1.79. The highest BCUT2D eigenvalue weighted by Crippen LogP contribution is 2.12. The summed E-state index contributed by atoms with van der Waals surface area (Å²) in [4.78, 5) is 18.0. The number of nitrogens with two attached hydrogens (primary N) is 1. The molecule has 1 aromatic heterocycles. The van der Waals surface area contributed by atoms with E-state index >= 15 is 0 Å². The molecule has 2 rings (SSSR count). The number of carbonyl (C=O) groups excluding carboxylic acids is 1. The van der Waals surface area contributed by atoms with Gasteiger partial charge >= 0.3 is 0 Å². The number of amides is 1. The van der Waals surface area contributed by atoms with Crippen LogP contribution in [0.1, 0.15) is 31.0 Å². The zero-order chi connectivity index (χ0) is 13.0. The Kier molecular flexibility index (Phi) is 4.33. The second kappa shape index (κ2) is 5.97. The number of aliphatic hydroxyl groups excluding tert-OH is 1. The number of hydrogen-bond donors (Lipinski definition) is 2. The van der Waals surface area contributed by atoms with Crippen molar-refractivity contribution in [2.24, 2.45) is 5.73 Å². The lowest BCUT2D eigenvalue weighted by molar-refractivity contribution is -0.132. The van der Waals surface area contributed by atoms with Crippen molar-refractivity contribution in [3.63, 3.8) is 0 Å². The van der Waals surface area contributed by atoms with Gasteiger partial charge in [0.2, 0.25) is 5.91 Å². The fourth-order valence-corrected chi connectivity index (χ4v) is 2.25. The molecule has 1 aliphatic heterocycles. The lowest BCUT2D eigenvalue weighted by Gasteiger charge is -2.27. The number of carbonyl (C=O) groups is 1. The highest BCUT2D eigenvalue weighted by atomic mass is 16.3. The number of imidazole rings is 1. The molecule has 2 heterocycles. The lowest BCUT2D eigenvalue weighted by atomic mass is 10.1. The Bertz CT molecular complexity index is 399. The van der Waals surface area contributed by atoms with Crippen LogP contribution in [0.5, 0.6) is 0 Å². The van der Waals surface area contributed by atoms with Crippen molar-refractivity contribution in [3.05, 3.63) is 18.2 Å². The number of rotatable bonds is 4. The molecule has 0 radical (unpaired) electrons. The molecular formula is C12H20N4O2. The SMILES string of the molecule is NC(CO)c1cncn1CC(=O)N1CCCCC1. The summed E-state index contributed by atoms with van der Waals surface area (Å²) in [6, 6.07) is -0.485. The van der Waals surface area contributed by atoms with Crippen molar-refractivity contribution in [1.82, 2.24) is 14.5 Å². The van der Waals surface area contributed by atoms with Crippen LogP contribution in [0.2, 0.25) is 0 Å². The van der Waals surface area contributed by atoms with E-state index in [0.717, 1.165) is 25.9 Å². The van der Waals surface area contributed by atoms with Gasteiger partial charge in [0, 0.05) is 19.3 Å². The number of hydrogen-bond acceptors (Lipinski definition) is 4. The zero-order valence-corrected chi connectivity index (χ0v) is 10.5. The molecule has 0 aromatic carbocycles. The van der Waals surface area contributed by atoms with Crippen molar-refractivity contribution in [3.8, 4) is 0 Å². The van der Waals surface area contributed by atoms with Gasteiger partial charge in [-0.3, -0.25) is 4.79 Å². The summed E-state index contributed by atoms with van der Waals surface area (Å²) in [5, 5.41) is 9.05. The quantitative estimate of drug-likeness (QED) is 0.783. The van der Waals surface area contributed by atoms with Crippen molar-refractivity contribution in [2.75, 3.05) is 19.7 Å². The van der Waals surface area contributed by atoms with Gasteiger partial charge in [-0.05, 0) is 19.3 Å². The summed E-state index contributed by atoms with van der Waals surface area (Å²) in [5.41, 5.74) is 6.46. The Labute approximate surface area is 106 Å². The first-order valence-electron chi connectivity index (χ1n) is 6.36. The van der Waals surface area contributed by atoms with Gasteiger partial charge in [0.1, 0.15) is 6.54 Å². The van der Waals surface area contributed by atoms with Gasteiger partial charge in [0.15, 0.2) is 0 Å². The Morgan fingerprint density at radius 1 is 1.44 bits per heavy atom. The van der Waals surface area contributed by atoms with Crippen LogP contribution in [0.3, 0.4) is 0 Å². The van der Waals surface area contributed by atoms with E-state index in [1.165, 1.54) is 6.42 Å². The summed E-state index contributed by atoms with van der Waals surface area (Å²) >= 11 is 0. The molecule has 0 aliphatic carbocycles. The number of nitrogens with zero attached hydrogens (tertiary/aromatic N) is 3. The number of aliphatic hydroxyl groups is 1. The molecule has 1 fully saturated rings. The predicted molar refractivity (Wildman–Crippen MR) is 66.7 cm³/mol. The van der Waals surface area contributed by atoms with E-state index < -0.39 is 6.04 Å². The van der Waals surface area contributed by atoms with Crippen LogP contribution in [0.25, 0.3) is 0 Å². The molecule has 1 aromatic rings. The molecule has 6 heteroatoms. The molecule has 0 bridgehead atoms. The molecule has 6 nitrogen and oxygen atoms in total. The Hall–Kier alpha value is -1.40. The molecule has 1 saturated heterocycles. The maximum Gasteiger partial charge on any atom is 0.242 e. The molecule has 1 amide bonds. The fraction of sp³-hybridized carbons (Fsp3) is 0.667. The van der Waals surface area contributed by atoms with Crippen LogP contribution >= 0.6 is 0 Å². The second-order valence-electron chi connectivity index (χ2n) is 4.68. The zero-order valence-electron chi connectivity index (χ0n) is 10.5. The minimum atomic E-state index is -0.485. The normalized spacial score (nSPS) is 17.8. The first kappa shape index (κ1) is 13.0. The van der Waals surface area contributed by atoms with Gasteiger partial charge in [-0.15, -0.1) is 0 Å². The van der Waals surface area contributed by atoms with E-state index in [9.17, 15) is 4.79 Å². The van der Waals surface area contributed by atoms with Gasteiger partial charge in [0.25, 0.3) is 0 Å². The standard InChI is InChI=1S/C12H20N4O2/c13-10(8-17)11-6-14-9-16(11)7-12(18)15-4-2-1-3-5-15/h6,9-10,17H,1-5,7-8,13H2. The second-order valence-corrected chi connectivity index (χ2v) is 4.68. The molecule has 18 heavy (non-hydrogen) atoms. The van der Waals surface area contributed by atoms with Crippen molar-refractivity contribution in [2.45, 2.75) is 31.8 Å². The average molecular weight is 252 g/mol. The van der Waals surface area contributed by atoms with Gasteiger partial charge in [-0.2, -0.15) is 0 Å². The van der Waals surface area contributed by atoms with E-state index in [2.05, 4.69) is 4.98 Å². The third-order valence-corrected chi connectivity index (χ3v) is 3.34. The van der Waals surface area contributed by atoms with Crippen molar-refractivity contribution in [1.29, 1.82) is 0 Å². The average Bonchev–Trinajstić information content (AvgIpc) is 2.87. The molecule has 3 N–H and O–H groups in total. The van der Waals surface area contributed by atoms with Crippen LogP contribution in [0.15, 0.2) is 12.5 Å². The summed E-state index contributed by atoms with van der Waals surface area (Å²) in [7, 11) is 0. The molecule has 100 valence electrons. The van der Waals surface area contributed by atoms with Crippen LogP contribution in [-0.4, -0.2) is 45.2 Å². The van der Waals surface area contributed by atoms with Crippen molar-refractivity contribution < 1.29 is 9.90 Å². The minimum Gasteiger partial charge on any atom is -0.394 e. The maximum absolute atomic E-state index is 12.1. The monoisotopic (exact) mass is 252 g/mol. The first-order valence-corrected chi connectivity index (χ1v) is 6.36. The first-order chi connectivity index (χ1) is 8.72. The topological polar surface area (TPSA) is 84.4 Å². The smallest absolute Gasteiger partial charge is 0.242 e. The maximum atomic E-state index is 12.1. The third-order valence-electron chi connectivity index (χ3n) is 3.34. The predicted octanol–water partition coefficient (Wildman–Crippen LogP) is -0.112. The van der Waals surface area contributed by atoms with Gasteiger partial charge in [0.05, 0.1) is 24.7 Å². The van der Waals surface area contributed by atoms with Crippen LogP contribution in [0, 0.1) is 0 Å². The molecule has 0 saturated carbocycles. The van der Waals surface area contributed by atoms with E-state index in [1.54, 1.807) is 17.1 Å². The molecule has 0 spiro atoms. The molecule has 1 unspecified atom stereocenters. The van der Waals surface area contributed by atoms with Gasteiger partial charge in [-0.1, -0.05) is 0 Å². The molecular weight excluding hydrogens is 232 g/mol. The summed E-state index contributed by atoms with van der Waals surface area (Å²) < 4.78 is 1.72. The minimum absolute atomic E-state index is 0.0964.